The first-order valence-corrected chi connectivity index (χ1v) is 16.3. The largest absolute Gasteiger partial charge is 2.00 e. The molecule has 8 rings (SSSR count). The van der Waals surface area contributed by atoms with E-state index < -0.39 is 5.41 Å². The van der Waals surface area contributed by atoms with Crippen molar-refractivity contribution in [1.29, 1.82) is 0 Å². The van der Waals surface area contributed by atoms with Gasteiger partial charge in [-0.3, -0.25) is 9.97 Å². The Morgan fingerprint density at radius 3 is 1.12 bits per heavy atom. The van der Waals surface area contributed by atoms with Crippen LogP contribution in [0.3, 0.4) is 0 Å². The van der Waals surface area contributed by atoms with Crippen LogP contribution in [0.25, 0.3) is 56.4 Å². The fourth-order valence-corrected chi connectivity index (χ4v) is 6.00. The topological polar surface area (TPSA) is 61.4 Å². The third-order valence-electron chi connectivity index (χ3n) is 8.71. The molecule has 0 unspecified atom stereocenters. The minimum absolute atomic E-state index is 0. The molecular formula is C43H32N6Pd. The summed E-state index contributed by atoms with van der Waals surface area (Å²) in [7, 11) is 0. The third-order valence-corrected chi connectivity index (χ3v) is 8.71. The molecule has 0 saturated heterocycles. The van der Waals surface area contributed by atoms with Crippen LogP contribution in [0.15, 0.2) is 158 Å². The fraction of sp³-hybridized carbons (Fsp3) is 0.0698. The number of hydrogen-bond donors (Lipinski definition) is 0. The Bertz CT molecular complexity index is 2070. The summed E-state index contributed by atoms with van der Waals surface area (Å²) >= 11 is 0. The molecule has 0 fully saturated rings. The second kappa shape index (κ2) is 14.0. The van der Waals surface area contributed by atoms with Gasteiger partial charge in [0.2, 0.25) is 0 Å². The van der Waals surface area contributed by atoms with Crippen LogP contribution in [0.1, 0.15) is 25.2 Å². The van der Waals surface area contributed by atoms with E-state index in [0.29, 0.717) is 11.6 Å². The van der Waals surface area contributed by atoms with E-state index in [1.165, 1.54) is 0 Å². The molecule has 0 spiro atoms. The molecule has 8 aromatic rings. The molecule has 50 heavy (non-hydrogen) atoms. The minimum Gasteiger partial charge on any atom is -0.311 e. The van der Waals surface area contributed by atoms with Gasteiger partial charge in [-0.05, 0) is 49.5 Å². The molecule has 0 aliphatic heterocycles. The van der Waals surface area contributed by atoms with Crippen LogP contribution in [-0.4, -0.2) is 29.5 Å². The average molecular weight is 739 g/mol. The Morgan fingerprint density at radius 1 is 0.420 bits per heavy atom. The van der Waals surface area contributed by atoms with Crippen LogP contribution in [0.5, 0.6) is 0 Å². The van der Waals surface area contributed by atoms with Crippen LogP contribution in [0.4, 0.5) is 0 Å². The van der Waals surface area contributed by atoms with Gasteiger partial charge in [-0.2, -0.15) is 0 Å². The zero-order chi connectivity index (χ0) is 33.2. The van der Waals surface area contributed by atoms with Gasteiger partial charge in [0.05, 0.1) is 11.6 Å². The second-order valence-electron chi connectivity index (χ2n) is 12.3. The molecule has 4 heterocycles. The van der Waals surface area contributed by atoms with Crippen LogP contribution in [-0.2, 0) is 25.8 Å². The van der Waals surface area contributed by atoms with E-state index in [0.717, 1.165) is 56.2 Å². The maximum atomic E-state index is 5.13. The van der Waals surface area contributed by atoms with E-state index in [1.807, 2.05) is 109 Å². The van der Waals surface area contributed by atoms with Crippen LogP contribution in [0, 0.1) is 12.4 Å². The number of hydrogen-bond acceptors (Lipinski definition) is 4. The summed E-state index contributed by atoms with van der Waals surface area (Å²) in [5.74, 6) is 1.36. The molecule has 244 valence electrons. The van der Waals surface area contributed by atoms with Crippen LogP contribution in [0.2, 0.25) is 0 Å². The summed E-state index contributed by atoms with van der Waals surface area (Å²) in [5.41, 5.74) is 8.88. The molecule has 4 aromatic heterocycles. The molecule has 0 N–H and O–H groups in total. The van der Waals surface area contributed by atoms with Crippen molar-refractivity contribution in [3.63, 3.8) is 0 Å². The molecule has 0 bridgehead atoms. The predicted octanol–water partition coefficient (Wildman–Crippen LogP) is 9.44. The third kappa shape index (κ3) is 6.37. The first kappa shape index (κ1) is 32.8. The van der Waals surface area contributed by atoms with E-state index in [-0.39, 0.29) is 20.4 Å². The van der Waals surface area contributed by atoms with Crippen molar-refractivity contribution in [3.8, 4) is 56.4 Å². The fourth-order valence-electron chi connectivity index (χ4n) is 6.00. The van der Waals surface area contributed by atoms with Gasteiger partial charge >= 0.3 is 20.4 Å². The number of aromatic nitrogens is 6. The maximum absolute atomic E-state index is 5.13. The summed E-state index contributed by atoms with van der Waals surface area (Å²) in [6, 6.07) is 52.9. The first-order valence-electron chi connectivity index (χ1n) is 16.3. The minimum atomic E-state index is -0.540. The van der Waals surface area contributed by atoms with Crippen LogP contribution >= 0.6 is 0 Å². The van der Waals surface area contributed by atoms with Gasteiger partial charge in [-0.15, -0.1) is 0 Å². The zero-order valence-electron chi connectivity index (χ0n) is 27.5. The molecule has 7 heteroatoms. The van der Waals surface area contributed by atoms with E-state index in [4.69, 9.17) is 20.2 Å². The number of rotatable bonds is 8. The number of nitrogens with zero attached hydrogens (tertiary/aromatic N) is 6. The molecule has 0 aliphatic rings. The number of pyridine rings is 2. The Labute approximate surface area is 305 Å². The van der Waals surface area contributed by atoms with Gasteiger partial charge in [0, 0.05) is 28.2 Å². The molecule has 6 nitrogen and oxygen atoms in total. The molecule has 0 amide bonds. The smallest absolute Gasteiger partial charge is 0.311 e. The summed E-state index contributed by atoms with van der Waals surface area (Å²) in [6.45, 7) is 4.28. The van der Waals surface area contributed by atoms with Crippen molar-refractivity contribution in [1.82, 2.24) is 29.5 Å². The van der Waals surface area contributed by atoms with Gasteiger partial charge in [-0.25, -0.2) is 10.2 Å². The Hall–Kier alpha value is -5.74. The average Bonchev–Trinajstić information content (AvgIpc) is 3.83. The van der Waals surface area contributed by atoms with Crippen molar-refractivity contribution in [2.24, 2.45) is 0 Å². The standard InChI is InChI=1S/C43H32N6.Pd/c1-43(2,37-25-15-27-39(44-37)48-29-35(31-17-7-3-8-18-31)41(46-48)33-21-11-5-12-22-33)38-26-16-28-40(45-38)49-30-36(32-19-9-4-10-20-32)42(47-49)34-23-13-6-14-24-34;/h3-28H,1-2H3;/q-2;+2. The predicted molar refractivity (Wildman–Crippen MR) is 194 cm³/mol. The Kier molecular flexibility index (Phi) is 9.19. The summed E-state index contributed by atoms with van der Waals surface area (Å²) < 4.78 is 3.51. The van der Waals surface area contributed by atoms with Gasteiger partial charge in [0.25, 0.3) is 0 Å². The van der Waals surface area contributed by atoms with Crippen molar-refractivity contribution in [2.75, 3.05) is 0 Å². The monoisotopic (exact) mass is 738 g/mol. The van der Waals surface area contributed by atoms with Crippen molar-refractivity contribution < 1.29 is 20.4 Å². The molecule has 0 saturated carbocycles. The summed E-state index contributed by atoms with van der Waals surface area (Å²) in [6.07, 6.45) is 7.02. The van der Waals surface area contributed by atoms with Gasteiger partial charge in [0.1, 0.15) is 0 Å². The first-order chi connectivity index (χ1) is 24.0. The quantitative estimate of drug-likeness (QED) is 0.115. The molecule has 0 atom stereocenters. The normalized spacial score (nSPS) is 11.2. The van der Waals surface area contributed by atoms with Crippen molar-refractivity contribution in [2.45, 2.75) is 19.3 Å². The van der Waals surface area contributed by atoms with E-state index >= 15 is 0 Å². The Morgan fingerprint density at radius 2 is 0.760 bits per heavy atom. The zero-order valence-corrected chi connectivity index (χ0v) is 29.1. The molecule has 0 radical (unpaired) electrons. The van der Waals surface area contributed by atoms with E-state index in [9.17, 15) is 0 Å². The maximum Gasteiger partial charge on any atom is 2.00 e. The van der Waals surface area contributed by atoms with Gasteiger partial charge in [0.15, 0.2) is 0 Å². The van der Waals surface area contributed by atoms with Gasteiger partial charge in [-0.1, -0.05) is 168 Å². The Balaban J connectivity index is 0.00000392. The number of benzene rings is 4. The van der Waals surface area contributed by atoms with E-state index in [2.05, 4.69) is 74.8 Å². The second-order valence-corrected chi connectivity index (χ2v) is 12.3. The SMILES string of the molecule is CC(C)(c1cccc(-n2[c-]c(-c3ccccc3)c(-c3ccccc3)n2)n1)c1cccc(-n2[c-]c(-c3ccccc3)c(-c3ccccc3)n2)n1.[Pd+2]. The van der Waals surface area contributed by atoms with Gasteiger partial charge < -0.3 is 9.36 Å². The van der Waals surface area contributed by atoms with Crippen molar-refractivity contribution in [3.05, 3.63) is 182 Å². The van der Waals surface area contributed by atoms with Crippen LogP contribution < -0.4 is 0 Å². The van der Waals surface area contributed by atoms with E-state index in [1.54, 1.807) is 9.36 Å². The molecule has 0 aliphatic carbocycles. The summed E-state index contributed by atoms with van der Waals surface area (Å²) in [4.78, 5) is 10.3. The molecular weight excluding hydrogens is 707 g/mol. The van der Waals surface area contributed by atoms with Crippen molar-refractivity contribution >= 4 is 0 Å². The summed E-state index contributed by atoms with van der Waals surface area (Å²) in [5, 5.41) is 10.0. The molecule has 4 aromatic carbocycles.